The highest BCUT2D eigenvalue weighted by atomic mass is 16.3. The lowest BCUT2D eigenvalue weighted by molar-refractivity contribution is 0.0743. The molecule has 2 aliphatic heterocycles. The van der Waals surface area contributed by atoms with Gasteiger partial charge in [-0.25, -0.2) is 15.0 Å². The number of nitrogens with two attached hydrogens (primary N) is 1. The molecule has 2 amide bonds. The summed E-state index contributed by atoms with van der Waals surface area (Å²) in [6.45, 7) is 8.36. The van der Waals surface area contributed by atoms with E-state index in [4.69, 9.17) is 5.73 Å². The molecular weight excluding hydrogens is 608 g/mol. The standard InChI is InChI=1S/C36H38N8O4/c1-22(2)28-13-29(32(46)14-31(28)45)34(47)43-19-24-5-4-23(12-26(24)20-43)18-41-8-3-9-42(11-10-41)35(48)30-17-38-33-7-6-25(21-44(30)33)27-15-39-36(37)40-16-27/h4-7,12-17,21-22,45-46H,3,8-11,18-20H2,1-2H3,(H2,37,39,40). The highest BCUT2D eigenvalue weighted by Crippen LogP contribution is 2.34. The van der Waals surface area contributed by atoms with E-state index in [0.29, 0.717) is 43.1 Å². The Morgan fingerprint density at radius 1 is 0.812 bits per heavy atom. The predicted molar refractivity (Wildman–Crippen MR) is 180 cm³/mol. The van der Waals surface area contributed by atoms with Gasteiger partial charge >= 0.3 is 0 Å². The summed E-state index contributed by atoms with van der Waals surface area (Å²) in [6.07, 6.45) is 7.68. The molecule has 246 valence electrons. The number of hydrogen-bond acceptors (Lipinski definition) is 9. The van der Waals surface area contributed by atoms with Gasteiger partial charge in [0.05, 0.1) is 11.8 Å². The van der Waals surface area contributed by atoms with E-state index < -0.39 is 0 Å². The van der Waals surface area contributed by atoms with Crippen molar-refractivity contribution in [3.8, 4) is 22.6 Å². The molecule has 0 spiro atoms. The van der Waals surface area contributed by atoms with Gasteiger partial charge in [0.15, 0.2) is 0 Å². The van der Waals surface area contributed by atoms with Gasteiger partial charge in [-0.15, -0.1) is 0 Å². The van der Waals surface area contributed by atoms with Crippen LogP contribution >= 0.6 is 0 Å². The molecule has 1 saturated heterocycles. The number of pyridine rings is 1. The summed E-state index contributed by atoms with van der Waals surface area (Å²) in [7, 11) is 0. The summed E-state index contributed by atoms with van der Waals surface area (Å²) in [5, 5.41) is 20.7. The number of rotatable bonds is 6. The Labute approximate surface area is 278 Å². The Balaban J connectivity index is 0.998. The molecule has 4 N–H and O–H groups in total. The molecule has 1 fully saturated rings. The fraction of sp³-hybridized carbons (Fsp3) is 0.306. The Morgan fingerprint density at radius 3 is 2.40 bits per heavy atom. The van der Waals surface area contributed by atoms with Crippen molar-refractivity contribution in [2.45, 2.75) is 45.8 Å². The van der Waals surface area contributed by atoms with Crippen LogP contribution in [0.1, 0.15) is 69.3 Å². The summed E-state index contributed by atoms with van der Waals surface area (Å²) < 4.78 is 1.82. The monoisotopic (exact) mass is 646 g/mol. The maximum Gasteiger partial charge on any atom is 0.272 e. The van der Waals surface area contributed by atoms with Gasteiger partial charge in [-0.1, -0.05) is 32.0 Å². The molecule has 0 saturated carbocycles. The number of phenols is 2. The van der Waals surface area contributed by atoms with Gasteiger partial charge < -0.3 is 25.7 Å². The van der Waals surface area contributed by atoms with E-state index in [2.05, 4.69) is 38.1 Å². The predicted octanol–water partition coefficient (Wildman–Crippen LogP) is 4.41. The maximum atomic E-state index is 13.7. The summed E-state index contributed by atoms with van der Waals surface area (Å²) in [5.74, 6) is -0.327. The number of nitrogen functional groups attached to an aromatic ring is 1. The Morgan fingerprint density at radius 2 is 1.60 bits per heavy atom. The number of carbonyl (C=O) groups is 2. The zero-order chi connectivity index (χ0) is 33.5. The van der Waals surface area contributed by atoms with Gasteiger partial charge in [-0.05, 0) is 52.8 Å². The SMILES string of the molecule is CC(C)c1cc(C(=O)N2Cc3ccc(CN4CCCN(C(=O)c5cnc6ccc(-c7cnc(N)nc7)cn56)CC4)cc3C2)c(O)cc1O. The van der Waals surface area contributed by atoms with Crippen molar-refractivity contribution in [2.75, 3.05) is 31.9 Å². The number of amides is 2. The van der Waals surface area contributed by atoms with Crippen molar-refractivity contribution in [2.24, 2.45) is 0 Å². The molecule has 0 unspecified atom stereocenters. The van der Waals surface area contributed by atoms with Gasteiger partial charge in [-0.3, -0.25) is 18.9 Å². The molecule has 2 aromatic carbocycles. The molecule has 2 aliphatic rings. The molecule has 12 nitrogen and oxygen atoms in total. The Hall–Kier alpha value is -5.49. The van der Waals surface area contributed by atoms with Crippen LogP contribution in [0.3, 0.4) is 0 Å². The van der Waals surface area contributed by atoms with Gasteiger partial charge in [0.1, 0.15) is 22.8 Å². The average Bonchev–Trinajstić information content (AvgIpc) is 3.62. The molecule has 0 radical (unpaired) electrons. The van der Waals surface area contributed by atoms with Crippen LogP contribution in [0.2, 0.25) is 0 Å². The molecule has 7 rings (SSSR count). The van der Waals surface area contributed by atoms with Crippen LogP contribution in [0.5, 0.6) is 11.5 Å². The lowest BCUT2D eigenvalue weighted by atomic mass is 9.98. The molecular formula is C36H38N8O4. The number of fused-ring (bicyclic) bond motifs is 2. The van der Waals surface area contributed by atoms with E-state index in [-0.39, 0.29) is 40.7 Å². The number of aromatic nitrogens is 4. The highest BCUT2D eigenvalue weighted by Gasteiger charge is 2.28. The molecule has 5 aromatic rings. The molecule has 5 heterocycles. The number of benzene rings is 2. The topological polar surface area (TPSA) is 153 Å². The summed E-state index contributed by atoms with van der Waals surface area (Å²) >= 11 is 0. The largest absolute Gasteiger partial charge is 0.508 e. The van der Waals surface area contributed by atoms with Crippen LogP contribution in [-0.4, -0.2) is 82.3 Å². The smallest absolute Gasteiger partial charge is 0.272 e. The first-order chi connectivity index (χ1) is 23.1. The summed E-state index contributed by atoms with van der Waals surface area (Å²) in [6, 6.07) is 13.0. The number of imidazole rings is 1. The Kier molecular flexibility index (Phi) is 8.17. The van der Waals surface area contributed by atoms with Crippen molar-refractivity contribution in [1.82, 2.24) is 34.1 Å². The first-order valence-electron chi connectivity index (χ1n) is 16.2. The van der Waals surface area contributed by atoms with E-state index in [9.17, 15) is 19.8 Å². The van der Waals surface area contributed by atoms with Crippen LogP contribution in [0.15, 0.2) is 67.3 Å². The lowest BCUT2D eigenvalue weighted by Crippen LogP contribution is -2.35. The lowest BCUT2D eigenvalue weighted by Gasteiger charge is -2.22. The van der Waals surface area contributed by atoms with E-state index in [1.54, 1.807) is 29.6 Å². The molecule has 12 heteroatoms. The van der Waals surface area contributed by atoms with E-state index >= 15 is 0 Å². The van der Waals surface area contributed by atoms with Crippen molar-refractivity contribution in [3.05, 3.63) is 101 Å². The highest BCUT2D eigenvalue weighted by molar-refractivity contribution is 5.97. The second-order valence-electron chi connectivity index (χ2n) is 12.9. The van der Waals surface area contributed by atoms with Crippen molar-refractivity contribution < 1.29 is 19.8 Å². The third kappa shape index (κ3) is 6.02. The number of hydrogen-bond donors (Lipinski definition) is 3. The van der Waals surface area contributed by atoms with Crippen molar-refractivity contribution in [1.29, 1.82) is 0 Å². The third-order valence-corrected chi connectivity index (χ3v) is 9.29. The van der Waals surface area contributed by atoms with Crippen molar-refractivity contribution >= 4 is 23.4 Å². The van der Waals surface area contributed by atoms with Crippen LogP contribution in [0.25, 0.3) is 16.8 Å². The number of carbonyl (C=O) groups excluding carboxylic acids is 2. The maximum absolute atomic E-state index is 13.7. The van der Waals surface area contributed by atoms with Crippen LogP contribution < -0.4 is 5.73 Å². The van der Waals surface area contributed by atoms with Gasteiger partial charge in [0.25, 0.3) is 11.8 Å². The second kappa shape index (κ2) is 12.6. The van der Waals surface area contributed by atoms with Crippen LogP contribution in [-0.2, 0) is 19.6 Å². The summed E-state index contributed by atoms with van der Waals surface area (Å²) in [5.41, 5.74) is 12.7. The number of anilines is 1. The molecule has 0 atom stereocenters. The van der Waals surface area contributed by atoms with Gasteiger partial charge in [0, 0.05) is 81.6 Å². The quantitative estimate of drug-likeness (QED) is 0.243. The normalized spacial score (nSPS) is 15.2. The average molecular weight is 647 g/mol. The molecule has 3 aromatic heterocycles. The zero-order valence-electron chi connectivity index (χ0n) is 27.0. The second-order valence-corrected chi connectivity index (χ2v) is 12.9. The summed E-state index contributed by atoms with van der Waals surface area (Å²) in [4.78, 5) is 45.8. The first-order valence-corrected chi connectivity index (χ1v) is 16.2. The fourth-order valence-electron chi connectivity index (χ4n) is 6.64. The van der Waals surface area contributed by atoms with Gasteiger partial charge in [0.2, 0.25) is 5.95 Å². The molecule has 0 aliphatic carbocycles. The number of aromatic hydroxyl groups is 2. The van der Waals surface area contributed by atoms with Crippen molar-refractivity contribution in [3.63, 3.8) is 0 Å². The number of nitrogens with zero attached hydrogens (tertiary/aromatic N) is 7. The van der Waals surface area contributed by atoms with E-state index in [0.717, 1.165) is 53.9 Å². The van der Waals surface area contributed by atoms with Crippen LogP contribution in [0, 0.1) is 0 Å². The number of phenolic OH excluding ortho intramolecular Hbond substituents is 2. The minimum absolute atomic E-state index is 0.00954. The van der Waals surface area contributed by atoms with Gasteiger partial charge in [-0.2, -0.15) is 0 Å². The molecule has 0 bridgehead atoms. The van der Waals surface area contributed by atoms with Crippen LogP contribution in [0.4, 0.5) is 5.95 Å². The molecule has 48 heavy (non-hydrogen) atoms. The first kappa shape index (κ1) is 31.1. The Bertz CT molecular complexity index is 2020. The van der Waals surface area contributed by atoms with E-state index in [1.165, 1.54) is 6.07 Å². The third-order valence-electron chi connectivity index (χ3n) is 9.29. The zero-order valence-corrected chi connectivity index (χ0v) is 27.0. The fourth-order valence-corrected chi connectivity index (χ4v) is 6.64. The minimum Gasteiger partial charge on any atom is -0.508 e. The minimum atomic E-state index is -0.258. The van der Waals surface area contributed by atoms with E-state index in [1.807, 2.05) is 41.5 Å².